The molecule has 1 aromatic rings. The quantitative estimate of drug-likeness (QED) is 0.278. The fourth-order valence-electron chi connectivity index (χ4n) is 1.63. The summed E-state index contributed by atoms with van der Waals surface area (Å²) in [5.74, 6) is 5.86. The van der Waals surface area contributed by atoms with Crippen LogP contribution in [0, 0.1) is 5.82 Å². The standard InChI is InChI=1S/C13H21FN4/c1-3-5-10-16-13(17-15)18(4-2)12-8-6-11(14)7-9-12/h6-9H,3-5,10,15H2,1-2H3,(H,16,17). The number of unbranched alkanes of at least 4 members (excludes halogenated alkanes) is 1. The summed E-state index contributed by atoms with van der Waals surface area (Å²) in [4.78, 5) is 6.33. The third kappa shape index (κ3) is 4.00. The minimum atomic E-state index is -0.250. The molecule has 0 amide bonds. The zero-order valence-corrected chi connectivity index (χ0v) is 11.0. The Balaban J connectivity index is 2.85. The second-order valence-corrected chi connectivity index (χ2v) is 3.92. The maximum atomic E-state index is 12.9. The first-order valence-electron chi connectivity index (χ1n) is 6.27. The van der Waals surface area contributed by atoms with Gasteiger partial charge in [-0.05, 0) is 37.6 Å². The van der Waals surface area contributed by atoms with Gasteiger partial charge in [-0.2, -0.15) is 0 Å². The largest absolute Gasteiger partial charge is 0.312 e. The zero-order valence-electron chi connectivity index (χ0n) is 11.0. The van der Waals surface area contributed by atoms with E-state index in [-0.39, 0.29) is 5.82 Å². The highest BCUT2D eigenvalue weighted by atomic mass is 19.1. The zero-order chi connectivity index (χ0) is 13.4. The van der Waals surface area contributed by atoms with Gasteiger partial charge in [-0.1, -0.05) is 13.3 Å². The molecule has 0 spiro atoms. The van der Waals surface area contributed by atoms with Crippen LogP contribution in [0.25, 0.3) is 0 Å². The summed E-state index contributed by atoms with van der Waals surface area (Å²) in [5, 5.41) is 0. The van der Waals surface area contributed by atoms with Crippen molar-refractivity contribution in [3.05, 3.63) is 30.1 Å². The predicted octanol–water partition coefficient (Wildman–Crippen LogP) is 2.27. The summed E-state index contributed by atoms with van der Waals surface area (Å²) in [7, 11) is 0. The van der Waals surface area contributed by atoms with E-state index in [1.807, 2.05) is 11.8 Å². The molecular weight excluding hydrogens is 231 g/mol. The molecule has 0 aliphatic carbocycles. The number of rotatable bonds is 5. The lowest BCUT2D eigenvalue weighted by Gasteiger charge is -2.24. The average Bonchev–Trinajstić information content (AvgIpc) is 2.40. The van der Waals surface area contributed by atoms with Crippen molar-refractivity contribution in [2.45, 2.75) is 26.7 Å². The SMILES string of the molecule is CCCCN=C(NN)N(CC)c1ccc(F)cc1. The van der Waals surface area contributed by atoms with Crippen LogP contribution in [0.4, 0.5) is 10.1 Å². The smallest absolute Gasteiger partial charge is 0.212 e. The Hall–Kier alpha value is -1.62. The van der Waals surface area contributed by atoms with Crippen LogP contribution >= 0.6 is 0 Å². The van der Waals surface area contributed by atoms with E-state index < -0.39 is 0 Å². The molecule has 18 heavy (non-hydrogen) atoms. The number of nitrogens with zero attached hydrogens (tertiary/aromatic N) is 2. The highest BCUT2D eigenvalue weighted by molar-refractivity contribution is 5.95. The highest BCUT2D eigenvalue weighted by Gasteiger charge is 2.10. The third-order valence-corrected chi connectivity index (χ3v) is 2.61. The lowest BCUT2D eigenvalue weighted by atomic mass is 10.3. The van der Waals surface area contributed by atoms with Gasteiger partial charge >= 0.3 is 0 Å². The molecular formula is C13H21FN4. The van der Waals surface area contributed by atoms with Gasteiger partial charge in [0.1, 0.15) is 5.82 Å². The molecule has 1 rings (SSSR count). The summed E-state index contributed by atoms with van der Waals surface area (Å²) >= 11 is 0. The molecule has 0 aromatic heterocycles. The van der Waals surface area contributed by atoms with Crippen LogP contribution < -0.4 is 16.2 Å². The summed E-state index contributed by atoms with van der Waals surface area (Å²) in [6.07, 6.45) is 2.11. The topological polar surface area (TPSA) is 53.6 Å². The summed E-state index contributed by atoms with van der Waals surface area (Å²) in [6, 6.07) is 6.29. The fourth-order valence-corrected chi connectivity index (χ4v) is 1.63. The van der Waals surface area contributed by atoms with Gasteiger partial charge in [-0.3, -0.25) is 10.4 Å². The molecule has 0 radical (unpaired) electrons. The minimum Gasteiger partial charge on any atom is -0.312 e. The van der Waals surface area contributed by atoms with Crippen LogP contribution in [0.2, 0.25) is 0 Å². The Bertz CT molecular complexity index is 375. The van der Waals surface area contributed by atoms with E-state index >= 15 is 0 Å². The van der Waals surface area contributed by atoms with Gasteiger partial charge in [0.05, 0.1) is 0 Å². The second-order valence-electron chi connectivity index (χ2n) is 3.92. The highest BCUT2D eigenvalue weighted by Crippen LogP contribution is 2.14. The van der Waals surface area contributed by atoms with Gasteiger partial charge in [-0.25, -0.2) is 10.2 Å². The molecule has 0 bridgehead atoms. The van der Waals surface area contributed by atoms with Crippen molar-refractivity contribution in [2.75, 3.05) is 18.0 Å². The lowest BCUT2D eigenvalue weighted by molar-refractivity contribution is 0.628. The fraction of sp³-hybridized carbons (Fsp3) is 0.462. The molecule has 0 atom stereocenters. The number of hydrogen-bond acceptors (Lipinski definition) is 2. The molecule has 0 saturated carbocycles. The van der Waals surface area contributed by atoms with Gasteiger partial charge in [-0.15, -0.1) is 0 Å². The van der Waals surface area contributed by atoms with Crippen molar-refractivity contribution in [1.82, 2.24) is 5.43 Å². The molecule has 0 heterocycles. The first-order chi connectivity index (χ1) is 8.72. The van der Waals surface area contributed by atoms with E-state index in [4.69, 9.17) is 5.84 Å². The van der Waals surface area contributed by atoms with E-state index in [0.29, 0.717) is 12.5 Å². The van der Waals surface area contributed by atoms with Crippen LogP contribution in [-0.4, -0.2) is 19.0 Å². The summed E-state index contributed by atoms with van der Waals surface area (Å²) < 4.78 is 12.9. The van der Waals surface area contributed by atoms with Crippen molar-refractivity contribution in [2.24, 2.45) is 10.8 Å². The van der Waals surface area contributed by atoms with Crippen LogP contribution in [0.5, 0.6) is 0 Å². The van der Waals surface area contributed by atoms with E-state index in [1.54, 1.807) is 12.1 Å². The van der Waals surface area contributed by atoms with Gasteiger partial charge in [0.15, 0.2) is 0 Å². The van der Waals surface area contributed by atoms with Crippen LogP contribution in [0.3, 0.4) is 0 Å². The van der Waals surface area contributed by atoms with Crippen LogP contribution in [-0.2, 0) is 0 Å². The maximum absolute atomic E-state index is 12.9. The number of hydrogen-bond donors (Lipinski definition) is 2. The molecule has 0 fully saturated rings. The molecule has 0 saturated heterocycles. The molecule has 3 N–H and O–H groups in total. The summed E-state index contributed by atoms with van der Waals surface area (Å²) in [5.41, 5.74) is 3.47. The predicted molar refractivity (Wildman–Crippen MR) is 74.0 cm³/mol. The van der Waals surface area contributed by atoms with Gasteiger partial charge < -0.3 is 4.90 Å². The van der Waals surface area contributed by atoms with Gasteiger partial charge in [0, 0.05) is 18.8 Å². The first kappa shape index (κ1) is 14.4. The number of aliphatic imine (C=N–C) groups is 1. The number of nitrogens with two attached hydrogens (primary N) is 1. The molecule has 5 heteroatoms. The van der Waals surface area contributed by atoms with Crippen molar-refractivity contribution in [1.29, 1.82) is 0 Å². The summed E-state index contributed by atoms with van der Waals surface area (Å²) in [6.45, 7) is 5.55. The Morgan fingerprint density at radius 2 is 2.00 bits per heavy atom. The number of halogens is 1. The first-order valence-corrected chi connectivity index (χ1v) is 6.27. The van der Waals surface area contributed by atoms with E-state index in [0.717, 1.165) is 25.1 Å². The second kappa shape index (κ2) is 7.66. The van der Waals surface area contributed by atoms with E-state index in [2.05, 4.69) is 17.3 Å². The van der Waals surface area contributed by atoms with Crippen LogP contribution in [0.15, 0.2) is 29.3 Å². The van der Waals surface area contributed by atoms with E-state index in [1.165, 1.54) is 12.1 Å². The Morgan fingerprint density at radius 1 is 1.33 bits per heavy atom. The Kier molecular flexibility index (Phi) is 6.14. The van der Waals surface area contributed by atoms with Gasteiger partial charge in [0.25, 0.3) is 0 Å². The van der Waals surface area contributed by atoms with Crippen molar-refractivity contribution in [3.8, 4) is 0 Å². The molecule has 0 aliphatic rings. The average molecular weight is 252 g/mol. The minimum absolute atomic E-state index is 0.250. The molecule has 0 aliphatic heterocycles. The van der Waals surface area contributed by atoms with E-state index in [9.17, 15) is 4.39 Å². The number of anilines is 1. The Morgan fingerprint density at radius 3 is 2.50 bits per heavy atom. The molecule has 100 valence electrons. The van der Waals surface area contributed by atoms with Crippen molar-refractivity contribution < 1.29 is 4.39 Å². The normalized spacial score (nSPS) is 11.4. The number of hydrazine groups is 1. The maximum Gasteiger partial charge on any atom is 0.212 e. The van der Waals surface area contributed by atoms with Crippen LogP contribution in [0.1, 0.15) is 26.7 Å². The van der Waals surface area contributed by atoms with Gasteiger partial charge in [0.2, 0.25) is 5.96 Å². The lowest BCUT2D eigenvalue weighted by Crippen LogP contribution is -2.45. The van der Waals surface area contributed by atoms with Crippen molar-refractivity contribution >= 4 is 11.6 Å². The number of benzene rings is 1. The van der Waals surface area contributed by atoms with Crippen molar-refractivity contribution in [3.63, 3.8) is 0 Å². The number of guanidine groups is 1. The Labute approximate surface area is 108 Å². The molecule has 1 aromatic carbocycles. The monoisotopic (exact) mass is 252 g/mol. The third-order valence-electron chi connectivity index (χ3n) is 2.61. The molecule has 4 nitrogen and oxygen atoms in total. The number of nitrogens with one attached hydrogen (secondary N) is 1. The molecule has 0 unspecified atom stereocenters.